The zero-order chi connectivity index (χ0) is 22.8. The van der Waals surface area contributed by atoms with Crippen LogP contribution in [0.15, 0.2) is 82.8 Å². The topological polar surface area (TPSA) is 76.1 Å². The van der Waals surface area contributed by atoms with Crippen molar-refractivity contribution in [3.8, 4) is 11.5 Å². The van der Waals surface area contributed by atoms with Gasteiger partial charge in [-0.3, -0.25) is 14.5 Å². The molecule has 7 heteroatoms. The number of ketones is 1. The average Bonchev–Trinajstić information content (AvgIpc) is 3.09. The third kappa shape index (κ3) is 3.76. The normalized spacial score (nSPS) is 17.5. The van der Waals surface area contributed by atoms with Gasteiger partial charge in [0.25, 0.3) is 11.7 Å². The van der Waals surface area contributed by atoms with Gasteiger partial charge in [-0.2, -0.15) is 0 Å². The van der Waals surface area contributed by atoms with Crippen LogP contribution in [0.5, 0.6) is 11.5 Å². The van der Waals surface area contributed by atoms with Crippen molar-refractivity contribution in [1.82, 2.24) is 0 Å². The summed E-state index contributed by atoms with van der Waals surface area (Å²) in [6, 6.07) is 20.0. The number of carbonyl (C=O) groups is 2. The molecule has 1 aliphatic rings. The zero-order valence-corrected chi connectivity index (χ0v) is 19.0. The number of para-hydroxylation sites is 1. The highest BCUT2D eigenvalue weighted by atomic mass is 79.9. The molecule has 0 bridgehead atoms. The molecule has 0 aromatic heterocycles. The van der Waals surface area contributed by atoms with Crippen LogP contribution in [0.25, 0.3) is 5.76 Å². The van der Waals surface area contributed by atoms with Gasteiger partial charge in [0.1, 0.15) is 17.3 Å². The van der Waals surface area contributed by atoms with Crippen molar-refractivity contribution in [1.29, 1.82) is 0 Å². The quantitative estimate of drug-likeness (QED) is 0.304. The van der Waals surface area contributed by atoms with E-state index >= 15 is 0 Å². The highest BCUT2D eigenvalue weighted by Crippen LogP contribution is 2.45. The van der Waals surface area contributed by atoms with Crippen LogP contribution in [0, 0.1) is 0 Å². The second-order valence-corrected chi connectivity index (χ2v) is 8.04. The van der Waals surface area contributed by atoms with Gasteiger partial charge < -0.3 is 14.6 Å². The first-order valence-electron chi connectivity index (χ1n) is 9.80. The number of ether oxygens (including phenoxy) is 2. The van der Waals surface area contributed by atoms with Crippen molar-refractivity contribution in [3.05, 3.63) is 94.0 Å². The molecule has 1 fully saturated rings. The van der Waals surface area contributed by atoms with Gasteiger partial charge in [-0.25, -0.2) is 0 Å². The number of Topliss-reactive ketones (excluding diaryl/α,β-unsaturated/α-hetero) is 1. The number of halogens is 1. The van der Waals surface area contributed by atoms with E-state index in [0.29, 0.717) is 28.3 Å². The second-order valence-electron chi connectivity index (χ2n) is 7.12. The van der Waals surface area contributed by atoms with Crippen LogP contribution in [-0.4, -0.2) is 31.0 Å². The first-order valence-corrected chi connectivity index (χ1v) is 10.6. The number of amides is 1. The molecule has 1 aliphatic heterocycles. The predicted molar refractivity (Wildman–Crippen MR) is 125 cm³/mol. The van der Waals surface area contributed by atoms with E-state index in [2.05, 4.69) is 15.9 Å². The molecule has 1 saturated heterocycles. The molecular formula is C25H20BrNO5. The maximum atomic E-state index is 13.2. The molecule has 0 radical (unpaired) electrons. The fourth-order valence-corrected chi connectivity index (χ4v) is 4.06. The largest absolute Gasteiger partial charge is 0.507 e. The molecule has 0 spiro atoms. The van der Waals surface area contributed by atoms with Gasteiger partial charge in [0, 0.05) is 21.3 Å². The highest BCUT2D eigenvalue weighted by Gasteiger charge is 2.48. The predicted octanol–water partition coefficient (Wildman–Crippen LogP) is 5.09. The standard InChI is InChI=1S/C25H20BrNO5/c1-31-18-12-13-20(32-2)19(14-18)22-21(23(28)15-8-10-16(26)11-9-15)24(29)25(30)27(22)17-6-4-3-5-7-17/h3-14,22,28H,1-2H3/t22-/m1/s1. The van der Waals surface area contributed by atoms with E-state index in [9.17, 15) is 14.7 Å². The Bertz CT molecular complexity index is 1200. The van der Waals surface area contributed by atoms with E-state index in [0.717, 1.165) is 4.47 Å². The summed E-state index contributed by atoms with van der Waals surface area (Å²) >= 11 is 3.37. The van der Waals surface area contributed by atoms with Gasteiger partial charge in [-0.1, -0.05) is 46.3 Å². The number of benzene rings is 3. The van der Waals surface area contributed by atoms with Gasteiger partial charge in [0.05, 0.1) is 25.8 Å². The van der Waals surface area contributed by atoms with Crippen molar-refractivity contribution in [2.24, 2.45) is 0 Å². The summed E-state index contributed by atoms with van der Waals surface area (Å²) in [4.78, 5) is 27.8. The highest BCUT2D eigenvalue weighted by molar-refractivity contribution is 9.10. The van der Waals surface area contributed by atoms with Crippen LogP contribution in [-0.2, 0) is 9.59 Å². The lowest BCUT2D eigenvalue weighted by Crippen LogP contribution is -2.29. The number of aliphatic hydroxyl groups excluding tert-OH is 1. The minimum atomic E-state index is -0.911. The van der Waals surface area contributed by atoms with E-state index in [1.165, 1.54) is 19.1 Å². The molecule has 1 N–H and O–H groups in total. The van der Waals surface area contributed by atoms with Gasteiger partial charge in [0.15, 0.2) is 0 Å². The summed E-state index contributed by atoms with van der Waals surface area (Å²) in [5.41, 5.74) is 1.45. The summed E-state index contributed by atoms with van der Waals surface area (Å²) in [6.07, 6.45) is 0. The fraction of sp³-hybridized carbons (Fsp3) is 0.120. The monoisotopic (exact) mass is 493 g/mol. The zero-order valence-electron chi connectivity index (χ0n) is 17.4. The molecule has 32 heavy (non-hydrogen) atoms. The maximum absolute atomic E-state index is 13.2. The Kier molecular flexibility index (Phi) is 6.01. The Morgan fingerprint density at radius 3 is 2.25 bits per heavy atom. The summed E-state index contributed by atoms with van der Waals surface area (Å²) in [6.45, 7) is 0. The lowest BCUT2D eigenvalue weighted by Gasteiger charge is -2.27. The Morgan fingerprint density at radius 1 is 0.938 bits per heavy atom. The smallest absolute Gasteiger partial charge is 0.300 e. The second kappa shape index (κ2) is 8.88. The number of carbonyl (C=O) groups excluding carboxylic acids is 2. The Balaban J connectivity index is 2.01. The minimum Gasteiger partial charge on any atom is -0.507 e. The SMILES string of the molecule is COc1ccc(OC)c([C@@H]2C(=C(O)c3ccc(Br)cc3)C(=O)C(=O)N2c2ccccc2)c1. The van der Waals surface area contributed by atoms with E-state index in [4.69, 9.17) is 9.47 Å². The Hall–Kier alpha value is -3.58. The van der Waals surface area contributed by atoms with Gasteiger partial charge in [-0.05, 0) is 42.5 Å². The molecular weight excluding hydrogens is 474 g/mol. The van der Waals surface area contributed by atoms with Crippen LogP contribution in [0.2, 0.25) is 0 Å². The first kappa shape index (κ1) is 21.6. The Morgan fingerprint density at radius 2 is 1.62 bits per heavy atom. The lowest BCUT2D eigenvalue weighted by atomic mass is 9.94. The molecule has 1 atom stereocenters. The maximum Gasteiger partial charge on any atom is 0.300 e. The number of aliphatic hydroxyl groups is 1. The van der Waals surface area contributed by atoms with Crippen LogP contribution < -0.4 is 14.4 Å². The summed E-state index contributed by atoms with van der Waals surface area (Å²) < 4.78 is 11.7. The van der Waals surface area contributed by atoms with Gasteiger partial charge in [-0.15, -0.1) is 0 Å². The van der Waals surface area contributed by atoms with Crippen molar-refractivity contribution in [2.45, 2.75) is 6.04 Å². The summed E-state index contributed by atoms with van der Waals surface area (Å²) in [7, 11) is 3.04. The lowest BCUT2D eigenvalue weighted by molar-refractivity contribution is -0.132. The molecule has 0 unspecified atom stereocenters. The number of rotatable bonds is 5. The van der Waals surface area contributed by atoms with Crippen molar-refractivity contribution in [3.63, 3.8) is 0 Å². The van der Waals surface area contributed by atoms with E-state index < -0.39 is 17.7 Å². The van der Waals surface area contributed by atoms with Gasteiger partial charge in [0.2, 0.25) is 0 Å². The number of methoxy groups -OCH3 is 2. The number of hydrogen-bond donors (Lipinski definition) is 1. The van der Waals surface area contributed by atoms with Crippen LogP contribution in [0.3, 0.4) is 0 Å². The molecule has 4 rings (SSSR count). The van der Waals surface area contributed by atoms with Crippen LogP contribution in [0.4, 0.5) is 5.69 Å². The first-order chi connectivity index (χ1) is 15.5. The molecule has 1 heterocycles. The van der Waals surface area contributed by atoms with Gasteiger partial charge >= 0.3 is 0 Å². The van der Waals surface area contributed by atoms with E-state index in [-0.39, 0.29) is 11.3 Å². The van der Waals surface area contributed by atoms with Crippen molar-refractivity contribution in [2.75, 3.05) is 19.1 Å². The molecule has 3 aromatic rings. The third-order valence-electron chi connectivity index (χ3n) is 5.33. The molecule has 0 aliphatic carbocycles. The van der Waals surface area contributed by atoms with E-state index in [1.54, 1.807) is 66.7 Å². The number of anilines is 1. The third-order valence-corrected chi connectivity index (χ3v) is 5.86. The van der Waals surface area contributed by atoms with Crippen molar-refractivity contribution < 1.29 is 24.2 Å². The molecule has 1 amide bonds. The summed E-state index contributed by atoms with van der Waals surface area (Å²) in [5, 5.41) is 11.2. The van der Waals surface area contributed by atoms with Crippen LogP contribution >= 0.6 is 15.9 Å². The molecule has 0 saturated carbocycles. The molecule has 6 nitrogen and oxygen atoms in total. The van der Waals surface area contributed by atoms with Crippen LogP contribution in [0.1, 0.15) is 17.2 Å². The fourth-order valence-electron chi connectivity index (χ4n) is 3.80. The Labute approximate surface area is 193 Å². The molecule has 162 valence electrons. The van der Waals surface area contributed by atoms with E-state index in [1.807, 2.05) is 6.07 Å². The summed E-state index contributed by atoms with van der Waals surface area (Å²) in [5.74, 6) is -0.776. The number of hydrogen-bond acceptors (Lipinski definition) is 5. The number of nitrogens with zero attached hydrogens (tertiary/aromatic N) is 1. The van der Waals surface area contributed by atoms with Crippen molar-refractivity contribution >= 4 is 39.1 Å². The average molecular weight is 494 g/mol. The molecule has 3 aromatic carbocycles. The minimum absolute atomic E-state index is 0.0206.